The second-order valence-electron chi connectivity index (χ2n) is 5.06. The number of amides is 1. The van der Waals surface area contributed by atoms with E-state index in [4.69, 9.17) is 9.15 Å². The van der Waals surface area contributed by atoms with E-state index in [1.165, 1.54) is 12.4 Å². The van der Waals surface area contributed by atoms with Crippen LogP contribution < -0.4 is 10.6 Å². The van der Waals surface area contributed by atoms with Crippen LogP contribution in [0.2, 0.25) is 0 Å². The topological polar surface area (TPSA) is 89.3 Å². The summed E-state index contributed by atoms with van der Waals surface area (Å²) in [5.74, 6) is 1.16. The van der Waals surface area contributed by atoms with Crippen LogP contribution in [0.3, 0.4) is 0 Å². The normalized spacial score (nSPS) is 17.4. The average Bonchev–Trinajstić information content (AvgIpc) is 3.24. The summed E-state index contributed by atoms with van der Waals surface area (Å²) in [7, 11) is 0. The molecule has 0 bridgehead atoms. The Hall–Kier alpha value is -2.41. The number of ether oxygens (including phenoxy) is 1. The van der Waals surface area contributed by atoms with Crippen LogP contribution in [-0.2, 0) is 11.3 Å². The molecule has 3 heterocycles. The standard InChI is InChI=1S/C15H18N4O3/c20-15(19-8-12-4-2-6-22-12)13-9-18-14(10-16-13)17-7-11-3-1-5-21-11/h1,3,5,9-10,12H,2,4,6-8H2,(H,17,18)(H,19,20). The van der Waals surface area contributed by atoms with Gasteiger partial charge in [0.25, 0.3) is 5.91 Å². The van der Waals surface area contributed by atoms with Crippen molar-refractivity contribution in [2.45, 2.75) is 25.5 Å². The maximum Gasteiger partial charge on any atom is 0.271 e. The first-order chi connectivity index (χ1) is 10.8. The van der Waals surface area contributed by atoms with Crippen LogP contribution in [0.4, 0.5) is 5.82 Å². The number of hydrogen-bond acceptors (Lipinski definition) is 6. The zero-order chi connectivity index (χ0) is 15.2. The van der Waals surface area contributed by atoms with E-state index in [1.807, 2.05) is 12.1 Å². The molecular formula is C15H18N4O3. The third kappa shape index (κ3) is 3.82. The van der Waals surface area contributed by atoms with E-state index in [9.17, 15) is 4.79 Å². The summed E-state index contributed by atoms with van der Waals surface area (Å²) >= 11 is 0. The fraction of sp³-hybridized carbons (Fsp3) is 0.400. The van der Waals surface area contributed by atoms with Gasteiger partial charge in [-0.05, 0) is 25.0 Å². The molecule has 1 amide bonds. The SMILES string of the molecule is O=C(NCC1CCCO1)c1cnc(NCc2ccco2)cn1. The predicted molar refractivity (Wildman–Crippen MR) is 79.4 cm³/mol. The first-order valence-electron chi connectivity index (χ1n) is 7.29. The van der Waals surface area contributed by atoms with E-state index >= 15 is 0 Å². The molecule has 1 aliphatic rings. The lowest BCUT2D eigenvalue weighted by Crippen LogP contribution is -2.32. The highest BCUT2D eigenvalue weighted by Crippen LogP contribution is 2.11. The molecule has 1 fully saturated rings. The Labute approximate surface area is 128 Å². The van der Waals surface area contributed by atoms with Crippen LogP contribution in [0.1, 0.15) is 29.1 Å². The van der Waals surface area contributed by atoms with Gasteiger partial charge in [0, 0.05) is 13.2 Å². The first kappa shape index (κ1) is 14.5. The van der Waals surface area contributed by atoms with Gasteiger partial charge in [-0.2, -0.15) is 0 Å². The minimum atomic E-state index is -0.236. The molecule has 0 aliphatic carbocycles. The monoisotopic (exact) mass is 302 g/mol. The fourth-order valence-electron chi connectivity index (χ4n) is 2.23. The summed E-state index contributed by atoms with van der Waals surface area (Å²) in [6.07, 6.45) is 6.76. The van der Waals surface area contributed by atoms with Gasteiger partial charge in [0.1, 0.15) is 17.3 Å². The molecule has 2 N–H and O–H groups in total. The van der Waals surface area contributed by atoms with Crippen molar-refractivity contribution < 1.29 is 13.9 Å². The Kier molecular flexibility index (Phi) is 4.65. The zero-order valence-electron chi connectivity index (χ0n) is 12.1. The summed E-state index contributed by atoms with van der Waals surface area (Å²) in [5, 5.41) is 5.88. The quantitative estimate of drug-likeness (QED) is 0.842. The van der Waals surface area contributed by atoms with Crippen molar-refractivity contribution in [1.29, 1.82) is 0 Å². The van der Waals surface area contributed by atoms with Crippen LogP contribution in [0.25, 0.3) is 0 Å². The van der Waals surface area contributed by atoms with Crippen molar-refractivity contribution in [2.24, 2.45) is 0 Å². The van der Waals surface area contributed by atoms with Gasteiger partial charge in [-0.3, -0.25) is 4.79 Å². The summed E-state index contributed by atoms with van der Waals surface area (Å²) in [6, 6.07) is 3.69. The highest BCUT2D eigenvalue weighted by Gasteiger charge is 2.17. The third-order valence-corrected chi connectivity index (χ3v) is 3.42. The van der Waals surface area contributed by atoms with Crippen LogP contribution in [0.15, 0.2) is 35.2 Å². The lowest BCUT2D eigenvalue weighted by atomic mass is 10.2. The Morgan fingerprint density at radius 3 is 3.00 bits per heavy atom. The summed E-state index contributed by atoms with van der Waals surface area (Å²) < 4.78 is 10.7. The minimum absolute atomic E-state index is 0.117. The smallest absolute Gasteiger partial charge is 0.271 e. The van der Waals surface area contributed by atoms with Crippen LogP contribution >= 0.6 is 0 Å². The Balaban J connectivity index is 1.48. The molecule has 0 aromatic carbocycles. The lowest BCUT2D eigenvalue weighted by molar-refractivity contribution is 0.0853. The van der Waals surface area contributed by atoms with Gasteiger partial charge in [0.05, 0.1) is 31.3 Å². The van der Waals surface area contributed by atoms with Gasteiger partial charge in [-0.25, -0.2) is 9.97 Å². The second kappa shape index (κ2) is 7.04. The third-order valence-electron chi connectivity index (χ3n) is 3.42. The average molecular weight is 302 g/mol. The van der Waals surface area contributed by atoms with Crippen LogP contribution in [0, 0.1) is 0 Å². The van der Waals surface area contributed by atoms with Gasteiger partial charge < -0.3 is 19.8 Å². The molecule has 0 spiro atoms. The Morgan fingerprint density at radius 2 is 2.32 bits per heavy atom. The molecule has 116 valence electrons. The first-order valence-corrected chi connectivity index (χ1v) is 7.29. The van der Waals surface area contributed by atoms with Gasteiger partial charge >= 0.3 is 0 Å². The fourth-order valence-corrected chi connectivity index (χ4v) is 2.23. The zero-order valence-corrected chi connectivity index (χ0v) is 12.1. The van der Waals surface area contributed by atoms with Gasteiger partial charge in [0.2, 0.25) is 0 Å². The Morgan fingerprint density at radius 1 is 1.36 bits per heavy atom. The molecule has 0 radical (unpaired) electrons. The molecule has 1 aliphatic heterocycles. The number of furan rings is 1. The minimum Gasteiger partial charge on any atom is -0.467 e. The molecule has 1 unspecified atom stereocenters. The van der Waals surface area contributed by atoms with Crippen molar-refractivity contribution >= 4 is 11.7 Å². The lowest BCUT2D eigenvalue weighted by Gasteiger charge is -2.10. The predicted octanol–water partition coefficient (Wildman–Crippen LogP) is 1.59. The number of aromatic nitrogens is 2. The molecule has 1 atom stereocenters. The molecule has 7 heteroatoms. The largest absolute Gasteiger partial charge is 0.467 e. The van der Waals surface area contributed by atoms with Crippen molar-refractivity contribution in [3.8, 4) is 0 Å². The number of carbonyl (C=O) groups excluding carboxylic acids is 1. The molecule has 22 heavy (non-hydrogen) atoms. The number of nitrogens with one attached hydrogen (secondary N) is 2. The molecule has 7 nitrogen and oxygen atoms in total. The van der Waals surface area contributed by atoms with E-state index in [0.717, 1.165) is 25.2 Å². The molecule has 1 saturated heterocycles. The number of hydrogen-bond donors (Lipinski definition) is 2. The molecular weight excluding hydrogens is 284 g/mol. The molecule has 0 saturated carbocycles. The highest BCUT2D eigenvalue weighted by molar-refractivity contribution is 5.92. The number of rotatable bonds is 6. The van der Waals surface area contributed by atoms with E-state index in [2.05, 4.69) is 20.6 Å². The van der Waals surface area contributed by atoms with Crippen LogP contribution in [-0.4, -0.2) is 35.1 Å². The molecule has 2 aromatic rings. The van der Waals surface area contributed by atoms with Gasteiger partial charge in [-0.15, -0.1) is 0 Å². The highest BCUT2D eigenvalue weighted by atomic mass is 16.5. The van der Waals surface area contributed by atoms with E-state index < -0.39 is 0 Å². The molecule has 3 rings (SSSR count). The van der Waals surface area contributed by atoms with E-state index in [-0.39, 0.29) is 12.0 Å². The van der Waals surface area contributed by atoms with Gasteiger partial charge in [0.15, 0.2) is 0 Å². The number of nitrogens with zero attached hydrogens (tertiary/aromatic N) is 2. The maximum atomic E-state index is 12.0. The van der Waals surface area contributed by atoms with E-state index in [1.54, 1.807) is 6.26 Å². The van der Waals surface area contributed by atoms with Gasteiger partial charge in [-0.1, -0.05) is 0 Å². The van der Waals surface area contributed by atoms with Crippen molar-refractivity contribution in [3.05, 3.63) is 42.2 Å². The maximum absolute atomic E-state index is 12.0. The number of anilines is 1. The Bertz CT molecular complexity index is 592. The second-order valence-corrected chi connectivity index (χ2v) is 5.06. The summed E-state index contributed by atoms with van der Waals surface area (Å²) in [4.78, 5) is 20.2. The summed E-state index contributed by atoms with van der Waals surface area (Å²) in [6.45, 7) is 1.81. The van der Waals surface area contributed by atoms with Crippen molar-refractivity contribution in [2.75, 3.05) is 18.5 Å². The number of carbonyl (C=O) groups is 1. The van der Waals surface area contributed by atoms with E-state index in [0.29, 0.717) is 24.6 Å². The summed E-state index contributed by atoms with van der Waals surface area (Å²) in [5.41, 5.74) is 0.293. The van der Waals surface area contributed by atoms with Crippen LogP contribution in [0.5, 0.6) is 0 Å². The molecule has 2 aromatic heterocycles. The van der Waals surface area contributed by atoms with Crippen molar-refractivity contribution in [1.82, 2.24) is 15.3 Å². The van der Waals surface area contributed by atoms with Crippen molar-refractivity contribution in [3.63, 3.8) is 0 Å².